The topological polar surface area (TPSA) is 9.23 Å². The van der Waals surface area contributed by atoms with Gasteiger partial charge in [-0.25, -0.2) is 0 Å². The maximum atomic E-state index is 5.54. The lowest BCUT2D eigenvalue weighted by atomic mass is 9.70. The van der Waals surface area contributed by atoms with Crippen LogP contribution in [0.2, 0.25) is 0 Å². The fraction of sp³-hybridized carbons (Fsp3) is 0.704. The summed E-state index contributed by atoms with van der Waals surface area (Å²) in [7, 11) is 0. The van der Waals surface area contributed by atoms with Crippen LogP contribution in [0.15, 0.2) is 35.9 Å². The van der Waals surface area contributed by atoms with Crippen LogP contribution >= 0.6 is 0 Å². The van der Waals surface area contributed by atoms with E-state index in [1.165, 1.54) is 89.0 Å². The summed E-state index contributed by atoms with van der Waals surface area (Å²) in [5, 5.41) is 0. The van der Waals surface area contributed by atoms with Gasteiger partial charge in [0.25, 0.3) is 0 Å². The third-order valence-corrected chi connectivity index (χ3v) is 7.29. The molecule has 0 radical (unpaired) electrons. The lowest BCUT2D eigenvalue weighted by molar-refractivity contribution is 0.185. The molecule has 28 heavy (non-hydrogen) atoms. The molecule has 2 aliphatic carbocycles. The number of allylic oxidation sites excluding steroid dienone is 2. The number of ether oxygens (including phenoxy) is 1. The van der Waals surface area contributed by atoms with Crippen molar-refractivity contribution in [2.24, 2.45) is 17.8 Å². The van der Waals surface area contributed by atoms with Crippen LogP contribution in [0.3, 0.4) is 0 Å². The Morgan fingerprint density at radius 1 is 0.857 bits per heavy atom. The lowest BCUT2D eigenvalue weighted by Crippen LogP contribution is -2.23. The molecule has 1 unspecified atom stereocenters. The normalized spacial score (nSPS) is 25.4. The van der Waals surface area contributed by atoms with Crippen LogP contribution < -0.4 is 4.74 Å². The Balaban J connectivity index is 1.36. The van der Waals surface area contributed by atoms with Crippen molar-refractivity contribution in [2.75, 3.05) is 6.61 Å². The van der Waals surface area contributed by atoms with E-state index in [1.807, 2.05) is 6.92 Å². The van der Waals surface area contributed by atoms with E-state index >= 15 is 0 Å². The van der Waals surface area contributed by atoms with Crippen LogP contribution in [0.4, 0.5) is 0 Å². The molecule has 1 nitrogen and oxygen atoms in total. The molecule has 1 saturated carbocycles. The monoisotopic (exact) mass is 382 g/mol. The minimum Gasteiger partial charge on any atom is -0.494 e. The first-order valence-electron chi connectivity index (χ1n) is 12.2. The number of hydrogen-bond donors (Lipinski definition) is 0. The summed E-state index contributed by atoms with van der Waals surface area (Å²) in [6.07, 6.45) is 21.0. The highest BCUT2D eigenvalue weighted by molar-refractivity contribution is 5.28. The summed E-state index contributed by atoms with van der Waals surface area (Å²) < 4.78 is 5.54. The summed E-state index contributed by atoms with van der Waals surface area (Å²) in [6, 6.07) is 8.69. The average molecular weight is 383 g/mol. The molecule has 1 aromatic rings. The second-order valence-electron chi connectivity index (χ2n) is 9.25. The first kappa shape index (κ1) is 21.5. The van der Waals surface area contributed by atoms with Gasteiger partial charge in [0.1, 0.15) is 5.75 Å². The van der Waals surface area contributed by atoms with Crippen LogP contribution in [0.5, 0.6) is 5.75 Å². The van der Waals surface area contributed by atoms with Crippen molar-refractivity contribution in [1.29, 1.82) is 0 Å². The Bertz CT molecular complexity index is 577. The fourth-order valence-electron chi connectivity index (χ4n) is 5.42. The van der Waals surface area contributed by atoms with E-state index in [1.54, 1.807) is 5.57 Å². The van der Waals surface area contributed by atoms with Gasteiger partial charge < -0.3 is 4.74 Å². The molecule has 1 atom stereocenters. The summed E-state index contributed by atoms with van der Waals surface area (Å²) in [5.41, 5.74) is 3.14. The minimum atomic E-state index is 0.744. The first-order chi connectivity index (χ1) is 13.8. The van der Waals surface area contributed by atoms with Gasteiger partial charge in [-0.3, -0.25) is 0 Å². The van der Waals surface area contributed by atoms with Gasteiger partial charge in [0, 0.05) is 0 Å². The molecule has 3 rings (SSSR count). The fourth-order valence-corrected chi connectivity index (χ4v) is 5.42. The summed E-state index contributed by atoms with van der Waals surface area (Å²) in [4.78, 5) is 0. The molecular formula is C27H42O. The van der Waals surface area contributed by atoms with Gasteiger partial charge in [-0.2, -0.15) is 0 Å². The van der Waals surface area contributed by atoms with Crippen molar-refractivity contribution in [3.63, 3.8) is 0 Å². The Morgan fingerprint density at radius 2 is 1.64 bits per heavy atom. The number of rotatable bonds is 10. The third kappa shape index (κ3) is 6.68. The van der Waals surface area contributed by atoms with Crippen molar-refractivity contribution >= 4 is 0 Å². The van der Waals surface area contributed by atoms with E-state index in [0.29, 0.717) is 0 Å². The van der Waals surface area contributed by atoms with Gasteiger partial charge in [0.2, 0.25) is 0 Å². The standard InChI is InChI=1S/C27H42O/c1-3-5-6-7-22-10-16-25(17-11-22)26-18-12-23(13-19-26)8-9-24-14-20-27(21-15-24)28-4-2/h12,14-15,20-22,25-26H,3-11,13,16-19H2,1-2H3/t22-,25-,26?. The quantitative estimate of drug-likeness (QED) is 0.293. The van der Waals surface area contributed by atoms with Gasteiger partial charge in [0.05, 0.1) is 6.61 Å². The summed E-state index contributed by atoms with van der Waals surface area (Å²) in [5.74, 6) is 4.04. The zero-order valence-corrected chi connectivity index (χ0v) is 18.4. The predicted octanol–water partition coefficient (Wildman–Crippen LogP) is 8.13. The van der Waals surface area contributed by atoms with Gasteiger partial charge in [-0.1, -0.05) is 69.2 Å². The summed E-state index contributed by atoms with van der Waals surface area (Å²) in [6.45, 7) is 5.10. The number of benzene rings is 1. The van der Waals surface area contributed by atoms with Crippen LogP contribution in [0, 0.1) is 17.8 Å². The number of aryl methyl sites for hydroxylation is 1. The minimum absolute atomic E-state index is 0.744. The van der Waals surface area contributed by atoms with Crippen LogP contribution in [0.1, 0.15) is 96.5 Å². The van der Waals surface area contributed by atoms with Crippen LogP contribution in [-0.2, 0) is 6.42 Å². The molecule has 156 valence electrons. The molecule has 0 saturated heterocycles. The molecule has 0 aromatic heterocycles. The zero-order chi connectivity index (χ0) is 19.6. The number of unbranched alkanes of at least 4 members (excludes halogenated alkanes) is 2. The van der Waals surface area contributed by atoms with Crippen molar-refractivity contribution in [2.45, 2.75) is 97.3 Å². The Kier molecular flexibility index (Phi) is 8.96. The molecule has 0 bridgehead atoms. The second kappa shape index (κ2) is 11.7. The van der Waals surface area contributed by atoms with E-state index in [4.69, 9.17) is 4.74 Å². The predicted molar refractivity (Wildman–Crippen MR) is 121 cm³/mol. The zero-order valence-electron chi connectivity index (χ0n) is 18.4. The van der Waals surface area contributed by atoms with Gasteiger partial charge in [-0.15, -0.1) is 0 Å². The largest absolute Gasteiger partial charge is 0.494 e. The molecular weight excluding hydrogens is 340 g/mol. The average Bonchev–Trinajstić information content (AvgIpc) is 2.75. The summed E-state index contributed by atoms with van der Waals surface area (Å²) >= 11 is 0. The molecule has 0 aliphatic heterocycles. The number of hydrogen-bond acceptors (Lipinski definition) is 1. The van der Waals surface area contributed by atoms with E-state index in [-0.39, 0.29) is 0 Å². The van der Waals surface area contributed by atoms with Gasteiger partial charge in [-0.05, 0) is 87.3 Å². The van der Waals surface area contributed by atoms with E-state index < -0.39 is 0 Å². The lowest BCUT2D eigenvalue weighted by Gasteiger charge is -2.35. The SMILES string of the molecule is CCCCC[C@H]1CC[C@H](C2CC=C(CCc3ccc(OCC)cc3)CC2)CC1. The molecule has 0 N–H and O–H groups in total. The van der Waals surface area contributed by atoms with E-state index in [9.17, 15) is 0 Å². The van der Waals surface area contributed by atoms with Crippen molar-refractivity contribution < 1.29 is 4.74 Å². The van der Waals surface area contributed by atoms with Crippen molar-refractivity contribution in [1.82, 2.24) is 0 Å². The maximum Gasteiger partial charge on any atom is 0.119 e. The highest BCUT2D eigenvalue weighted by Gasteiger charge is 2.28. The van der Waals surface area contributed by atoms with E-state index in [0.717, 1.165) is 30.1 Å². The Labute approximate surface area is 174 Å². The van der Waals surface area contributed by atoms with Crippen molar-refractivity contribution in [3.8, 4) is 5.75 Å². The Hall–Kier alpha value is -1.24. The Morgan fingerprint density at radius 3 is 2.29 bits per heavy atom. The van der Waals surface area contributed by atoms with E-state index in [2.05, 4.69) is 37.3 Å². The molecule has 1 heteroatoms. The molecule has 1 fully saturated rings. The first-order valence-corrected chi connectivity index (χ1v) is 12.2. The third-order valence-electron chi connectivity index (χ3n) is 7.29. The smallest absolute Gasteiger partial charge is 0.119 e. The second-order valence-corrected chi connectivity index (χ2v) is 9.25. The molecule has 1 aromatic carbocycles. The van der Waals surface area contributed by atoms with Crippen molar-refractivity contribution in [3.05, 3.63) is 41.5 Å². The highest BCUT2D eigenvalue weighted by Crippen LogP contribution is 2.41. The highest BCUT2D eigenvalue weighted by atomic mass is 16.5. The maximum absolute atomic E-state index is 5.54. The molecule has 0 heterocycles. The van der Waals surface area contributed by atoms with Crippen LogP contribution in [0.25, 0.3) is 0 Å². The molecule has 0 spiro atoms. The molecule has 0 amide bonds. The van der Waals surface area contributed by atoms with Crippen LogP contribution in [-0.4, -0.2) is 6.61 Å². The van der Waals surface area contributed by atoms with Gasteiger partial charge in [0.15, 0.2) is 0 Å². The van der Waals surface area contributed by atoms with Gasteiger partial charge >= 0.3 is 0 Å². The molecule has 2 aliphatic rings.